The van der Waals surface area contributed by atoms with E-state index < -0.39 is 8.07 Å². The highest BCUT2D eigenvalue weighted by atomic mass is 35.5. The molecule has 2 heteroatoms. The van der Waals surface area contributed by atoms with Gasteiger partial charge in [-0.1, -0.05) is 62.1 Å². The first-order chi connectivity index (χ1) is 9.01. The third-order valence-electron chi connectivity index (χ3n) is 2.97. The molecule has 0 amide bonds. The van der Waals surface area contributed by atoms with Crippen molar-refractivity contribution in [3.8, 4) is 11.5 Å². The van der Waals surface area contributed by atoms with Crippen LogP contribution in [-0.2, 0) is 0 Å². The highest BCUT2D eigenvalue weighted by Crippen LogP contribution is 2.26. The van der Waals surface area contributed by atoms with Crippen LogP contribution in [0.1, 0.15) is 11.5 Å². The van der Waals surface area contributed by atoms with Crippen LogP contribution in [-0.4, -0.2) is 14.0 Å². The van der Waals surface area contributed by atoms with Crippen molar-refractivity contribution in [2.75, 3.05) is 5.88 Å². The molecule has 0 saturated heterocycles. The van der Waals surface area contributed by atoms with E-state index in [0.29, 0.717) is 5.88 Å². The Balaban J connectivity index is 2.49. The Kier molecular flexibility index (Phi) is 4.34. The van der Waals surface area contributed by atoms with Crippen molar-refractivity contribution < 1.29 is 0 Å². The topological polar surface area (TPSA) is 0 Å². The van der Waals surface area contributed by atoms with Crippen molar-refractivity contribution in [2.45, 2.75) is 25.6 Å². The third kappa shape index (κ3) is 3.62. The zero-order chi connectivity index (χ0) is 13.9. The lowest BCUT2D eigenvalue weighted by atomic mass is 9.95. The molecular weight excluding hydrogens is 268 g/mol. The molecule has 2 aromatic rings. The number of benzene rings is 2. The summed E-state index contributed by atoms with van der Waals surface area (Å²) in [6.07, 6.45) is 0. The van der Waals surface area contributed by atoms with E-state index in [-0.39, 0.29) is 5.92 Å². The normalized spacial score (nSPS) is 12.8. The Hall–Kier alpha value is -1.23. The van der Waals surface area contributed by atoms with E-state index in [1.165, 1.54) is 16.3 Å². The second-order valence-corrected chi connectivity index (χ2v) is 10.9. The van der Waals surface area contributed by atoms with Crippen molar-refractivity contribution >= 4 is 30.4 Å². The molecule has 0 aromatic heterocycles. The molecule has 0 radical (unpaired) electrons. The minimum atomic E-state index is -1.36. The second-order valence-electron chi connectivity index (χ2n) is 5.79. The van der Waals surface area contributed by atoms with Crippen LogP contribution in [0.3, 0.4) is 0 Å². The fraction of sp³-hybridized carbons (Fsp3) is 0.294. The Bertz CT molecular complexity index is 623. The average molecular weight is 287 g/mol. The fourth-order valence-electron chi connectivity index (χ4n) is 2.06. The monoisotopic (exact) mass is 286 g/mol. The van der Waals surface area contributed by atoms with Gasteiger partial charge in [0.2, 0.25) is 0 Å². The molecule has 19 heavy (non-hydrogen) atoms. The Morgan fingerprint density at radius 2 is 1.74 bits per heavy atom. The lowest BCUT2D eigenvalue weighted by Crippen LogP contribution is -2.17. The summed E-state index contributed by atoms with van der Waals surface area (Å²) in [6.45, 7) is 6.77. The van der Waals surface area contributed by atoms with Crippen molar-refractivity contribution in [1.29, 1.82) is 0 Å². The predicted molar refractivity (Wildman–Crippen MR) is 88.5 cm³/mol. The van der Waals surface area contributed by atoms with E-state index in [2.05, 4.69) is 73.6 Å². The Morgan fingerprint density at radius 3 is 2.42 bits per heavy atom. The van der Waals surface area contributed by atoms with Crippen LogP contribution in [0.4, 0.5) is 0 Å². The van der Waals surface area contributed by atoms with Crippen LogP contribution in [0.2, 0.25) is 19.6 Å². The molecule has 98 valence electrons. The largest absolute Gasteiger partial charge is 0.131 e. The summed E-state index contributed by atoms with van der Waals surface area (Å²) in [4.78, 5) is 0. The van der Waals surface area contributed by atoms with Crippen LogP contribution >= 0.6 is 11.6 Å². The molecule has 1 atom stereocenters. The number of alkyl halides is 1. The number of hydrogen-bond donors (Lipinski definition) is 0. The van der Waals surface area contributed by atoms with Crippen molar-refractivity contribution in [2.24, 2.45) is 0 Å². The van der Waals surface area contributed by atoms with Crippen molar-refractivity contribution in [3.63, 3.8) is 0 Å². The minimum Gasteiger partial charge on any atom is -0.131 e. The van der Waals surface area contributed by atoms with Crippen molar-refractivity contribution in [1.82, 2.24) is 0 Å². The van der Waals surface area contributed by atoms with E-state index >= 15 is 0 Å². The summed E-state index contributed by atoms with van der Waals surface area (Å²) in [5.74, 6) is 4.07. The molecule has 0 aliphatic carbocycles. The zero-order valence-corrected chi connectivity index (χ0v) is 13.5. The first-order valence-corrected chi connectivity index (χ1v) is 10.6. The zero-order valence-electron chi connectivity index (χ0n) is 11.7. The van der Waals surface area contributed by atoms with Gasteiger partial charge in [0.15, 0.2) is 0 Å². The minimum absolute atomic E-state index is 0.125. The quantitative estimate of drug-likeness (QED) is 0.412. The van der Waals surface area contributed by atoms with Crippen LogP contribution in [0.25, 0.3) is 10.8 Å². The molecule has 2 rings (SSSR count). The lowest BCUT2D eigenvalue weighted by molar-refractivity contribution is 1.03. The first-order valence-electron chi connectivity index (χ1n) is 6.57. The molecule has 0 aliphatic heterocycles. The smallest absolute Gasteiger partial charge is 0.129 e. The lowest BCUT2D eigenvalue weighted by Gasteiger charge is -2.12. The van der Waals surface area contributed by atoms with Gasteiger partial charge in [-0.2, -0.15) is 0 Å². The maximum Gasteiger partial charge on any atom is 0.129 e. The first kappa shape index (κ1) is 14.2. The molecule has 0 N–H and O–H groups in total. The maximum atomic E-state index is 6.14. The summed E-state index contributed by atoms with van der Waals surface area (Å²) < 4.78 is 0. The summed E-state index contributed by atoms with van der Waals surface area (Å²) >= 11 is 6.14. The third-order valence-corrected chi connectivity index (χ3v) is 4.18. The van der Waals surface area contributed by atoms with Crippen LogP contribution < -0.4 is 0 Å². The standard InChI is InChI=1S/C17H19ClSi/c1-19(2,3)12-11-15(13-18)17-10-6-8-14-7-4-5-9-16(14)17/h4-10,15H,13H2,1-3H3. The van der Waals surface area contributed by atoms with E-state index in [0.717, 1.165) is 0 Å². The Labute approximate surface area is 121 Å². The molecule has 2 aromatic carbocycles. The van der Waals surface area contributed by atoms with Crippen LogP contribution in [0.5, 0.6) is 0 Å². The van der Waals surface area contributed by atoms with Crippen LogP contribution in [0, 0.1) is 11.5 Å². The van der Waals surface area contributed by atoms with E-state index in [1.54, 1.807) is 0 Å². The summed E-state index contributed by atoms with van der Waals surface area (Å²) in [5.41, 5.74) is 4.69. The molecule has 0 spiro atoms. The van der Waals surface area contributed by atoms with Gasteiger partial charge in [0.25, 0.3) is 0 Å². The van der Waals surface area contributed by atoms with Gasteiger partial charge in [-0.25, -0.2) is 0 Å². The molecule has 0 aliphatic rings. The number of hydrogen-bond acceptors (Lipinski definition) is 0. The number of rotatable bonds is 2. The van der Waals surface area contributed by atoms with Gasteiger partial charge in [0.05, 0.1) is 5.92 Å². The molecule has 0 nitrogen and oxygen atoms in total. The van der Waals surface area contributed by atoms with E-state index in [1.807, 2.05) is 0 Å². The van der Waals surface area contributed by atoms with Gasteiger partial charge >= 0.3 is 0 Å². The summed E-state index contributed by atoms with van der Waals surface area (Å²) in [5, 5.41) is 2.52. The average Bonchev–Trinajstić information content (AvgIpc) is 2.38. The van der Waals surface area contributed by atoms with Gasteiger partial charge in [-0.15, -0.1) is 23.1 Å². The Morgan fingerprint density at radius 1 is 1.05 bits per heavy atom. The van der Waals surface area contributed by atoms with E-state index in [4.69, 9.17) is 11.6 Å². The molecule has 0 bridgehead atoms. The summed E-state index contributed by atoms with van der Waals surface area (Å²) in [7, 11) is -1.36. The van der Waals surface area contributed by atoms with Crippen molar-refractivity contribution in [3.05, 3.63) is 48.0 Å². The van der Waals surface area contributed by atoms with Gasteiger partial charge in [0, 0.05) is 5.88 Å². The maximum absolute atomic E-state index is 6.14. The predicted octanol–water partition coefficient (Wildman–Crippen LogP) is 5.04. The molecular formula is C17H19ClSi. The van der Waals surface area contributed by atoms with Gasteiger partial charge in [0.1, 0.15) is 8.07 Å². The van der Waals surface area contributed by atoms with Gasteiger partial charge in [-0.3, -0.25) is 0 Å². The highest BCUT2D eigenvalue weighted by Gasteiger charge is 2.13. The van der Waals surface area contributed by atoms with E-state index in [9.17, 15) is 0 Å². The molecule has 0 fully saturated rings. The van der Waals surface area contributed by atoms with Gasteiger partial charge < -0.3 is 0 Å². The fourth-order valence-corrected chi connectivity index (χ4v) is 2.91. The molecule has 1 unspecified atom stereocenters. The molecule has 0 saturated carbocycles. The van der Waals surface area contributed by atoms with Gasteiger partial charge in [-0.05, 0) is 16.3 Å². The molecule has 0 heterocycles. The number of fused-ring (bicyclic) bond motifs is 1. The summed E-state index contributed by atoms with van der Waals surface area (Å²) in [6, 6.07) is 14.8. The SMILES string of the molecule is C[Si](C)(C)C#CC(CCl)c1cccc2ccccc12. The highest BCUT2D eigenvalue weighted by molar-refractivity contribution is 6.83. The second kappa shape index (κ2) is 5.82. The number of halogens is 1. The van der Waals surface area contributed by atoms with Crippen LogP contribution in [0.15, 0.2) is 42.5 Å².